The van der Waals surface area contributed by atoms with Gasteiger partial charge in [0.15, 0.2) is 0 Å². The van der Waals surface area contributed by atoms with Crippen LogP contribution < -0.4 is 5.32 Å². The molecule has 0 saturated carbocycles. The second-order valence-electron chi connectivity index (χ2n) is 5.01. The van der Waals surface area contributed by atoms with Gasteiger partial charge in [-0.3, -0.25) is 4.90 Å². The first-order valence-electron chi connectivity index (χ1n) is 6.77. The van der Waals surface area contributed by atoms with Crippen LogP contribution in [0.25, 0.3) is 0 Å². The molecule has 1 aliphatic rings. The van der Waals surface area contributed by atoms with Crippen molar-refractivity contribution in [2.75, 3.05) is 26.8 Å². The van der Waals surface area contributed by atoms with E-state index >= 15 is 0 Å². The van der Waals surface area contributed by atoms with E-state index in [4.69, 9.17) is 9.15 Å². The Morgan fingerprint density at radius 3 is 3.00 bits per heavy atom. The summed E-state index contributed by atoms with van der Waals surface area (Å²) in [6.45, 7) is 8.62. The maximum Gasteiger partial charge on any atom is 0.118 e. The molecule has 102 valence electrons. The Kier molecular flexibility index (Phi) is 4.80. The van der Waals surface area contributed by atoms with Crippen LogP contribution in [-0.2, 0) is 17.8 Å². The predicted octanol–water partition coefficient (Wildman–Crippen LogP) is 1.92. The van der Waals surface area contributed by atoms with Crippen LogP contribution in [0.5, 0.6) is 0 Å². The van der Waals surface area contributed by atoms with Gasteiger partial charge < -0.3 is 14.5 Å². The van der Waals surface area contributed by atoms with Gasteiger partial charge in [0.05, 0.1) is 13.2 Å². The van der Waals surface area contributed by atoms with Crippen molar-refractivity contribution in [1.29, 1.82) is 0 Å². The second-order valence-corrected chi connectivity index (χ2v) is 5.01. The molecule has 0 radical (unpaired) electrons. The minimum atomic E-state index is 0.552. The van der Waals surface area contributed by atoms with Gasteiger partial charge in [-0.05, 0) is 33.0 Å². The Bertz CT molecular complexity index is 370. The van der Waals surface area contributed by atoms with Crippen molar-refractivity contribution in [3.05, 3.63) is 23.2 Å². The molecule has 1 unspecified atom stereocenters. The summed E-state index contributed by atoms with van der Waals surface area (Å²) < 4.78 is 11.2. The lowest BCUT2D eigenvalue weighted by Crippen LogP contribution is -2.31. The molecular weight excluding hydrogens is 228 g/mol. The molecule has 0 spiro atoms. The standard InChI is InChI=1S/C14H24N2O2/c1-4-15-8-14-7-12(11(2)18-14)9-16(3)13-5-6-17-10-13/h7,13,15H,4-6,8-10H2,1-3H3. The fourth-order valence-electron chi connectivity index (χ4n) is 2.35. The van der Waals surface area contributed by atoms with Crippen LogP contribution in [0.15, 0.2) is 10.5 Å². The largest absolute Gasteiger partial charge is 0.465 e. The van der Waals surface area contributed by atoms with E-state index in [2.05, 4.69) is 30.3 Å². The number of nitrogens with zero attached hydrogens (tertiary/aromatic N) is 1. The lowest BCUT2D eigenvalue weighted by molar-refractivity contribution is 0.156. The summed E-state index contributed by atoms with van der Waals surface area (Å²) in [5.74, 6) is 2.06. The number of likely N-dealkylation sites (N-methyl/N-ethyl adjacent to an activating group) is 1. The molecule has 1 aliphatic heterocycles. The molecule has 4 nitrogen and oxygen atoms in total. The maximum absolute atomic E-state index is 5.76. The van der Waals surface area contributed by atoms with Gasteiger partial charge in [0.1, 0.15) is 11.5 Å². The molecule has 0 amide bonds. The quantitative estimate of drug-likeness (QED) is 0.839. The number of rotatable bonds is 6. The number of nitrogens with one attached hydrogen (secondary N) is 1. The van der Waals surface area contributed by atoms with Gasteiger partial charge in [0, 0.05) is 24.8 Å². The van der Waals surface area contributed by atoms with Crippen LogP contribution in [0.3, 0.4) is 0 Å². The highest BCUT2D eigenvalue weighted by Crippen LogP contribution is 2.19. The normalized spacial score (nSPS) is 19.9. The lowest BCUT2D eigenvalue weighted by atomic mass is 10.2. The molecule has 1 fully saturated rings. The number of furan rings is 1. The Morgan fingerprint density at radius 2 is 2.33 bits per heavy atom. The second kappa shape index (κ2) is 6.36. The molecule has 0 aromatic carbocycles. The third-order valence-corrected chi connectivity index (χ3v) is 3.57. The highest BCUT2D eigenvalue weighted by Gasteiger charge is 2.21. The van der Waals surface area contributed by atoms with Crippen molar-refractivity contribution in [3.63, 3.8) is 0 Å². The molecule has 1 aromatic rings. The van der Waals surface area contributed by atoms with E-state index < -0.39 is 0 Å². The van der Waals surface area contributed by atoms with E-state index in [1.165, 1.54) is 5.56 Å². The zero-order valence-corrected chi connectivity index (χ0v) is 11.7. The molecule has 1 aromatic heterocycles. The molecule has 2 rings (SSSR count). The first-order chi connectivity index (χ1) is 8.70. The van der Waals surface area contributed by atoms with Gasteiger partial charge in [-0.15, -0.1) is 0 Å². The van der Waals surface area contributed by atoms with E-state index in [9.17, 15) is 0 Å². The van der Waals surface area contributed by atoms with Crippen LogP contribution in [0, 0.1) is 6.92 Å². The third-order valence-electron chi connectivity index (χ3n) is 3.57. The fraction of sp³-hybridized carbons (Fsp3) is 0.714. The van der Waals surface area contributed by atoms with E-state index in [0.29, 0.717) is 6.04 Å². The molecular formula is C14H24N2O2. The Hall–Kier alpha value is -0.840. The molecule has 0 aliphatic carbocycles. The minimum Gasteiger partial charge on any atom is -0.465 e. The zero-order chi connectivity index (χ0) is 13.0. The van der Waals surface area contributed by atoms with Crippen molar-refractivity contribution in [2.45, 2.75) is 39.4 Å². The lowest BCUT2D eigenvalue weighted by Gasteiger charge is -2.22. The van der Waals surface area contributed by atoms with Crippen LogP contribution in [0.1, 0.15) is 30.4 Å². The Labute approximate surface area is 109 Å². The van der Waals surface area contributed by atoms with Crippen molar-refractivity contribution >= 4 is 0 Å². The molecule has 2 heterocycles. The number of hydrogen-bond donors (Lipinski definition) is 1. The first kappa shape index (κ1) is 13.6. The SMILES string of the molecule is CCNCc1cc(CN(C)C2CCOC2)c(C)o1. The minimum absolute atomic E-state index is 0.552. The van der Waals surface area contributed by atoms with Gasteiger partial charge >= 0.3 is 0 Å². The Morgan fingerprint density at radius 1 is 1.50 bits per heavy atom. The molecule has 1 saturated heterocycles. The average Bonchev–Trinajstić information content (AvgIpc) is 2.97. The number of hydrogen-bond acceptors (Lipinski definition) is 4. The fourth-order valence-corrected chi connectivity index (χ4v) is 2.35. The maximum atomic E-state index is 5.76. The molecule has 1 atom stereocenters. The van der Waals surface area contributed by atoms with Crippen molar-refractivity contribution < 1.29 is 9.15 Å². The van der Waals surface area contributed by atoms with Crippen LogP contribution in [0.4, 0.5) is 0 Å². The van der Waals surface area contributed by atoms with Gasteiger partial charge in [-0.25, -0.2) is 0 Å². The summed E-state index contributed by atoms with van der Waals surface area (Å²) in [7, 11) is 2.16. The smallest absolute Gasteiger partial charge is 0.118 e. The summed E-state index contributed by atoms with van der Waals surface area (Å²) in [6.07, 6.45) is 1.14. The van der Waals surface area contributed by atoms with Gasteiger partial charge in [-0.1, -0.05) is 6.92 Å². The monoisotopic (exact) mass is 252 g/mol. The van der Waals surface area contributed by atoms with Crippen molar-refractivity contribution in [1.82, 2.24) is 10.2 Å². The molecule has 4 heteroatoms. The molecule has 0 bridgehead atoms. The van der Waals surface area contributed by atoms with E-state index in [-0.39, 0.29) is 0 Å². The molecule has 1 N–H and O–H groups in total. The van der Waals surface area contributed by atoms with Gasteiger partial charge in [-0.2, -0.15) is 0 Å². The highest BCUT2D eigenvalue weighted by molar-refractivity contribution is 5.20. The number of ether oxygens (including phenoxy) is 1. The zero-order valence-electron chi connectivity index (χ0n) is 11.7. The highest BCUT2D eigenvalue weighted by atomic mass is 16.5. The van der Waals surface area contributed by atoms with Crippen molar-refractivity contribution in [2.24, 2.45) is 0 Å². The summed E-state index contributed by atoms with van der Waals surface area (Å²) in [5.41, 5.74) is 1.29. The average molecular weight is 252 g/mol. The van der Waals surface area contributed by atoms with Crippen LogP contribution in [-0.4, -0.2) is 37.7 Å². The van der Waals surface area contributed by atoms with E-state index in [1.807, 2.05) is 6.92 Å². The summed E-state index contributed by atoms with van der Waals surface area (Å²) in [5, 5.41) is 3.29. The van der Waals surface area contributed by atoms with Gasteiger partial charge in [0.25, 0.3) is 0 Å². The van der Waals surface area contributed by atoms with Gasteiger partial charge in [0.2, 0.25) is 0 Å². The summed E-state index contributed by atoms with van der Waals surface area (Å²) in [4.78, 5) is 2.36. The van der Waals surface area contributed by atoms with Crippen molar-refractivity contribution in [3.8, 4) is 0 Å². The van der Waals surface area contributed by atoms with E-state index in [0.717, 1.165) is 50.8 Å². The first-order valence-corrected chi connectivity index (χ1v) is 6.77. The summed E-state index contributed by atoms with van der Waals surface area (Å²) in [6, 6.07) is 2.72. The topological polar surface area (TPSA) is 37.6 Å². The Balaban J connectivity index is 1.93. The predicted molar refractivity (Wildman–Crippen MR) is 71.5 cm³/mol. The van der Waals surface area contributed by atoms with Crippen LogP contribution >= 0.6 is 0 Å². The summed E-state index contributed by atoms with van der Waals surface area (Å²) >= 11 is 0. The van der Waals surface area contributed by atoms with E-state index in [1.54, 1.807) is 0 Å². The van der Waals surface area contributed by atoms with Crippen LogP contribution in [0.2, 0.25) is 0 Å². The molecule has 18 heavy (non-hydrogen) atoms. The third kappa shape index (κ3) is 3.34. The number of aryl methyl sites for hydroxylation is 1.